The van der Waals surface area contributed by atoms with E-state index in [1.165, 1.54) is 0 Å². The Morgan fingerprint density at radius 3 is 2.43 bits per heavy atom. The van der Waals surface area contributed by atoms with Crippen LogP contribution in [0, 0.1) is 0 Å². The first-order chi connectivity index (χ1) is 10.3. The molecule has 0 aromatic heterocycles. The van der Waals surface area contributed by atoms with E-state index < -0.39 is 5.54 Å². The number of hydrogen-bond donors (Lipinski definition) is 0. The average Bonchev–Trinajstić information content (AvgIpc) is 3.11. The SMILES string of the molecule is O=C1OC(c2ccccc2)=N[C@@]12C[C@H]2Sc1ccccc1. The van der Waals surface area contributed by atoms with Crippen LogP contribution in [-0.2, 0) is 9.53 Å². The number of esters is 1. The summed E-state index contributed by atoms with van der Waals surface area (Å²) in [5, 5.41) is 0.175. The van der Waals surface area contributed by atoms with E-state index in [0.29, 0.717) is 5.90 Å². The summed E-state index contributed by atoms with van der Waals surface area (Å²) in [6.07, 6.45) is 0.752. The molecule has 2 aliphatic rings. The van der Waals surface area contributed by atoms with Crippen molar-refractivity contribution in [3.8, 4) is 0 Å². The minimum Gasteiger partial charge on any atom is -0.405 e. The molecule has 1 fully saturated rings. The van der Waals surface area contributed by atoms with Gasteiger partial charge in [0.15, 0.2) is 5.54 Å². The van der Waals surface area contributed by atoms with Gasteiger partial charge in [-0.05, 0) is 30.7 Å². The molecule has 4 rings (SSSR count). The van der Waals surface area contributed by atoms with Gasteiger partial charge in [-0.25, -0.2) is 9.79 Å². The van der Waals surface area contributed by atoms with Crippen LogP contribution in [0.2, 0.25) is 0 Å². The molecule has 0 unspecified atom stereocenters. The molecule has 1 spiro atoms. The highest BCUT2D eigenvalue weighted by Crippen LogP contribution is 2.54. The molecule has 0 bridgehead atoms. The van der Waals surface area contributed by atoms with Crippen LogP contribution in [0.3, 0.4) is 0 Å². The van der Waals surface area contributed by atoms with Crippen LogP contribution in [0.5, 0.6) is 0 Å². The first-order valence-electron chi connectivity index (χ1n) is 6.87. The summed E-state index contributed by atoms with van der Waals surface area (Å²) < 4.78 is 5.39. The van der Waals surface area contributed by atoms with Gasteiger partial charge in [-0.15, -0.1) is 11.8 Å². The summed E-state index contributed by atoms with van der Waals surface area (Å²) >= 11 is 1.70. The molecule has 2 aromatic carbocycles. The van der Waals surface area contributed by atoms with Gasteiger partial charge < -0.3 is 4.74 Å². The van der Waals surface area contributed by atoms with Gasteiger partial charge in [0.1, 0.15) is 0 Å². The summed E-state index contributed by atoms with van der Waals surface area (Å²) in [5.74, 6) is 0.242. The van der Waals surface area contributed by atoms with Crippen molar-refractivity contribution < 1.29 is 9.53 Å². The van der Waals surface area contributed by atoms with E-state index in [9.17, 15) is 4.79 Å². The maximum atomic E-state index is 12.2. The lowest BCUT2D eigenvalue weighted by Crippen LogP contribution is -2.19. The monoisotopic (exact) mass is 295 g/mol. The van der Waals surface area contributed by atoms with E-state index in [1.807, 2.05) is 48.5 Å². The zero-order chi connectivity index (χ0) is 14.3. The Morgan fingerprint density at radius 1 is 1.05 bits per heavy atom. The zero-order valence-electron chi connectivity index (χ0n) is 11.2. The molecule has 1 aliphatic heterocycles. The molecule has 2 aromatic rings. The fourth-order valence-corrected chi connectivity index (χ4v) is 3.81. The third-order valence-electron chi connectivity index (χ3n) is 3.76. The van der Waals surface area contributed by atoms with Gasteiger partial charge >= 0.3 is 5.97 Å². The highest BCUT2D eigenvalue weighted by molar-refractivity contribution is 8.00. The van der Waals surface area contributed by atoms with E-state index >= 15 is 0 Å². The molecule has 21 heavy (non-hydrogen) atoms. The predicted octanol–water partition coefficient (Wildman–Crippen LogP) is 3.29. The Balaban J connectivity index is 1.57. The molecule has 1 heterocycles. The Hall–Kier alpha value is -2.07. The average molecular weight is 295 g/mol. The van der Waals surface area contributed by atoms with Crippen molar-refractivity contribution >= 4 is 23.6 Å². The van der Waals surface area contributed by atoms with Crippen molar-refractivity contribution in [2.24, 2.45) is 4.99 Å². The Bertz CT molecular complexity index is 714. The normalized spacial score (nSPS) is 26.6. The Labute approximate surface area is 127 Å². The molecule has 0 saturated heterocycles. The van der Waals surface area contributed by atoms with E-state index in [2.05, 4.69) is 17.1 Å². The van der Waals surface area contributed by atoms with Crippen LogP contribution in [0.4, 0.5) is 0 Å². The van der Waals surface area contributed by atoms with Crippen LogP contribution >= 0.6 is 11.8 Å². The minimum absolute atomic E-state index is 0.175. The molecule has 104 valence electrons. The second kappa shape index (κ2) is 4.74. The molecule has 0 amide bonds. The van der Waals surface area contributed by atoms with Gasteiger partial charge in [-0.2, -0.15) is 0 Å². The lowest BCUT2D eigenvalue weighted by molar-refractivity contribution is -0.135. The van der Waals surface area contributed by atoms with Crippen LogP contribution in [0.25, 0.3) is 0 Å². The number of thioether (sulfide) groups is 1. The van der Waals surface area contributed by atoms with E-state index in [0.717, 1.165) is 16.9 Å². The van der Waals surface area contributed by atoms with Crippen molar-refractivity contribution in [1.82, 2.24) is 0 Å². The summed E-state index contributed by atoms with van der Waals surface area (Å²) in [7, 11) is 0. The number of cyclic esters (lactones) is 1. The van der Waals surface area contributed by atoms with Crippen molar-refractivity contribution in [1.29, 1.82) is 0 Å². The fraction of sp³-hybridized carbons (Fsp3) is 0.176. The molecule has 1 saturated carbocycles. The highest BCUT2D eigenvalue weighted by Gasteiger charge is 2.65. The Morgan fingerprint density at radius 2 is 1.71 bits per heavy atom. The van der Waals surface area contributed by atoms with Crippen LogP contribution < -0.4 is 0 Å². The van der Waals surface area contributed by atoms with Crippen molar-refractivity contribution in [3.63, 3.8) is 0 Å². The zero-order valence-corrected chi connectivity index (χ0v) is 12.0. The molecule has 4 heteroatoms. The lowest BCUT2D eigenvalue weighted by Gasteiger charge is -2.02. The van der Waals surface area contributed by atoms with Crippen LogP contribution in [0.1, 0.15) is 12.0 Å². The second-order valence-corrected chi connectivity index (χ2v) is 6.50. The van der Waals surface area contributed by atoms with Gasteiger partial charge in [-0.1, -0.05) is 36.4 Å². The second-order valence-electron chi connectivity index (χ2n) is 5.22. The predicted molar refractivity (Wildman–Crippen MR) is 82.5 cm³/mol. The van der Waals surface area contributed by atoms with Gasteiger partial charge in [0.05, 0.1) is 0 Å². The molecule has 0 radical (unpaired) electrons. The first kappa shape index (κ1) is 12.7. The number of rotatable bonds is 3. The maximum Gasteiger partial charge on any atom is 0.342 e. The van der Waals surface area contributed by atoms with Gasteiger partial charge in [0.25, 0.3) is 0 Å². The van der Waals surface area contributed by atoms with Gasteiger partial charge in [-0.3, -0.25) is 0 Å². The smallest absolute Gasteiger partial charge is 0.342 e. The third kappa shape index (κ3) is 2.16. The highest BCUT2D eigenvalue weighted by atomic mass is 32.2. The number of carbonyl (C=O) groups excluding carboxylic acids is 1. The topological polar surface area (TPSA) is 38.7 Å². The van der Waals surface area contributed by atoms with E-state index in [1.54, 1.807) is 11.8 Å². The largest absolute Gasteiger partial charge is 0.405 e. The summed E-state index contributed by atoms with van der Waals surface area (Å²) in [4.78, 5) is 17.9. The first-order valence-corrected chi connectivity index (χ1v) is 7.75. The molecular weight excluding hydrogens is 282 g/mol. The summed E-state index contributed by atoms with van der Waals surface area (Å²) in [5.41, 5.74) is 0.198. The summed E-state index contributed by atoms with van der Waals surface area (Å²) in [6.45, 7) is 0. The molecule has 0 N–H and O–H groups in total. The molecule has 3 nitrogen and oxygen atoms in total. The number of aliphatic imine (C=N–C) groups is 1. The fourth-order valence-electron chi connectivity index (χ4n) is 2.49. The lowest BCUT2D eigenvalue weighted by atomic mass is 10.2. The van der Waals surface area contributed by atoms with Crippen molar-refractivity contribution in [3.05, 3.63) is 66.2 Å². The standard InChI is InChI=1S/C17H13NO2S/c19-16-17(11-14(17)21-13-9-5-2-6-10-13)18-15(20-16)12-7-3-1-4-8-12/h1-10,14H,11H2/t14-,17-/m1/s1. The molecule has 2 atom stereocenters. The van der Waals surface area contributed by atoms with Gasteiger partial charge in [0.2, 0.25) is 5.90 Å². The molecular formula is C17H13NO2S. The number of ether oxygens (including phenoxy) is 1. The third-order valence-corrected chi connectivity index (χ3v) is 5.14. The van der Waals surface area contributed by atoms with Gasteiger partial charge in [0, 0.05) is 15.7 Å². The number of hydrogen-bond acceptors (Lipinski definition) is 4. The van der Waals surface area contributed by atoms with Crippen LogP contribution in [-0.4, -0.2) is 22.7 Å². The Kier molecular flexibility index (Phi) is 2.86. The van der Waals surface area contributed by atoms with Crippen molar-refractivity contribution in [2.45, 2.75) is 22.1 Å². The van der Waals surface area contributed by atoms with Crippen molar-refractivity contribution in [2.75, 3.05) is 0 Å². The maximum absolute atomic E-state index is 12.2. The molecule has 1 aliphatic carbocycles. The number of nitrogens with zero attached hydrogens (tertiary/aromatic N) is 1. The number of carbonyl (C=O) groups is 1. The van der Waals surface area contributed by atoms with E-state index in [4.69, 9.17) is 4.74 Å². The number of benzene rings is 2. The summed E-state index contributed by atoms with van der Waals surface area (Å²) in [6, 6.07) is 19.7. The quantitative estimate of drug-likeness (QED) is 0.816. The van der Waals surface area contributed by atoms with Crippen LogP contribution in [0.15, 0.2) is 70.6 Å². The van der Waals surface area contributed by atoms with E-state index in [-0.39, 0.29) is 11.2 Å². The minimum atomic E-state index is -0.661.